The fourth-order valence-corrected chi connectivity index (χ4v) is 4.76. The number of carbonyl (C=O) groups is 4. The molecule has 41 heavy (non-hydrogen) atoms. The number of imide groups is 2. The molecule has 2 aliphatic rings. The number of hydrogen-bond acceptors (Lipinski definition) is 6. The molecule has 0 spiro atoms. The van der Waals surface area contributed by atoms with Crippen molar-refractivity contribution in [3.8, 4) is 0 Å². The van der Waals surface area contributed by atoms with Crippen LogP contribution in [0.2, 0.25) is 0 Å². The molecule has 4 amide bonds. The first-order chi connectivity index (χ1) is 19.7. The lowest BCUT2D eigenvalue weighted by molar-refractivity contribution is 0.0640. The van der Waals surface area contributed by atoms with Crippen LogP contribution in [0, 0.1) is 0 Å². The number of carbonyl (C=O) groups excluding carboxylic acids is 4. The highest BCUT2D eigenvalue weighted by atomic mass is 16.2. The second-order valence-electron chi connectivity index (χ2n) is 9.66. The highest BCUT2D eigenvalue weighted by Gasteiger charge is 2.35. The van der Waals surface area contributed by atoms with Crippen LogP contribution in [-0.2, 0) is 19.9 Å². The van der Waals surface area contributed by atoms with Gasteiger partial charge in [-0.05, 0) is 60.4 Å². The average Bonchev–Trinajstić information content (AvgIpc) is 3.37. The van der Waals surface area contributed by atoms with Gasteiger partial charge in [-0.15, -0.1) is 0 Å². The number of hydrogen-bond donors (Lipinski definition) is 1. The Morgan fingerprint density at radius 3 is 1.44 bits per heavy atom. The summed E-state index contributed by atoms with van der Waals surface area (Å²) in [7, 11) is 1.68. The number of amides is 4. The molecule has 4 heterocycles. The molecule has 0 saturated carbocycles. The van der Waals surface area contributed by atoms with E-state index in [0.29, 0.717) is 35.1 Å². The first-order valence-corrected chi connectivity index (χ1v) is 13.0. The lowest BCUT2D eigenvalue weighted by Gasteiger charge is -2.13. The molecule has 206 valence electrons. The van der Waals surface area contributed by atoms with Gasteiger partial charge in [-0.25, -0.2) is 0 Å². The van der Waals surface area contributed by atoms with E-state index in [1.165, 1.54) is 26.5 Å². The average molecular weight is 551 g/mol. The minimum absolute atomic E-state index is 0.102. The number of nitrogens with zero attached hydrogens (tertiary/aromatic N) is 3. The third kappa shape index (κ3) is 5.53. The van der Waals surface area contributed by atoms with Crippen LogP contribution in [0.3, 0.4) is 0 Å². The van der Waals surface area contributed by atoms with Crippen molar-refractivity contribution in [2.75, 3.05) is 13.1 Å². The number of nitrogens with one attached hydrogen (secondary N) is 1. The van der Waals surface area contributed by atoms with Gasteiger partial charge in [-0.3, -0.25) is 38.6 Å². The van der Waals surface area contributed by atoms with Gasteiger partial charge in [0.05, 0.1) is 22.3 Å². The van der Waals surface area contributed by atoms with Crippen molar-refractivity contribution >= 4 is 23.6 Å². The number of aryl methyl sites for hydroxylation is 1. The van der Waals surface area contributed by atoms with Crippen molar-refractivity contribution in [1.82, 2.24) is 19.4 Å². The quantitative estimate of drug-likeness (QED) is 0.367. The van der Waals surface area contributed by atoms with Crippen LogP contribution in [0.4, 0.5) is 0 Å². The van der Waals surface area contributed by atoms with Gasteiger partial charge in [0, 0.05) is 44.7 Å². The van der Waals surface area contributed by atoms with Gasteiger partial charge in [-0.2, -0.15) is 0 Å². The van der Waals surface area contributed by atoms with Crippen molar-refractivity contribution in [2.24, 2.45) is 7.05 Å². The van der Waals surface area contributed by atoms with E-state index in [2.05, 4.69) is 4.98 Å². The minimum Gasteiger partial charge on any atom is -0.329 e. The Bertz CT molecular complexity index is 1730. The predicted molar refractivity (Wildman–Crippen MR) is 150 cm³/mol. The van der Waals surface area contributed by atoms with E-state index < -0.39 is 0 Å². The Morgan fingerprint density at radius 1 is 0.585 bits per heavy atom. The van der Waals surface area contributed by atoms with Gasteiger partial charge < -0.3 is 9.55 Å². The maximum atomic E-state index is 12.2. The number of aromatic nitrogens is 2. The molecular formula is C31H26N4O6. The normalized spacial score (nSPS) is 13.7. The maximum Gasteiger partial charge on any atom is 0.261 e. The molecule has 0 radical (unpaired) electrons. The van der Waals surface area contributed by atoms with E-state index in [0.717, 1.165) is 11.1 Å². The van der Waals surface area contributed by atoms with Gasteiger partial charge in [-0.1, -0.05) is 24.3 Å². The number of benzene rings is 2. The van der Waals surface area contributed by atoms with Gasteiger partial charge in [0.2, 0.25) is 5.56 Å². The maximum absolute atomic E-state index is 12.2. The Labute approximate surface area is 234 Å². The summed E-state index contributed by atoms with van der Waals surface area (Å²) in [5, 5.41) is 0. The monoisotopic (exact) mass is 550 g/mol. The van der Waals surface area contributed by atoms with E-state index in [1.807, 2.05) is 6.07 Å². The summed E-state index contributed by atoms with van der Waals surface area (Å²) >= 11 is 0. The van der Waals surface area contributed by atoms with Gasteiger partial charge in [0.25, 0.3) is 29.2 Å². The SMILES string of the molecule is Cn1ccc(CCN2C(=O)c3ccccc3C2=O)cc1=O.O=C1c2ccccc2C(=O)N1CCc1cc[nH]c(=O)c1. The Morgan fingerprint density at radius 2 is 1.02 bits per heavy atom. The molecule has 2 aliphatic heterocycles. The highest BCUT2D eigenvalue weighted by Crippen LogP contribution is 2.23. The molecule has 0 atom stereocenters. The molecular weight excluding hydrogens is 524 g/mol. The van der Waals surface area contributed by atoms with Crippen LogP contribution < -0.4 is 11.1 Å². The minimum atomic E-state index is -0.268. The van der Waals surface area contributed by atoms with Crippen LogP contribution in [0.1, 0.15) is 52.6 Å². The van der Waals surface area contributed by atoms with Crippen LogP contribution >= 0.6 is 0 Å². The number of H-pyrrole nitrogens is 1. The predicted octanol–water partition coefficient (Wildman–Crippen LogP) is 2.44. The zero-order chi connectivity index (χ0) is 29.1. The van der Waals surface area contributed by atoms with Crippen molar-refractivity contribution in [2.45, 2.75) is 12.8 Å². The van der Waals surface area contributed by atoms with Crippen molar-refractivity contribution < 1.29 is 19.2 Å². The smallest absolute Gasteiger partial charge is 0.261 e. The molecule has 10 nitrogen and oxygen atoms in total. The number of rotatable bonds is 6. The lowest BCUT2D eigenvalue weighted by atomic mass is 10.1. The fraction of sp³-hybridized carbons (Fsp3) is 0.161. The number of fused-ring (bicyclic) bond motifs is 2. The Hall–Kier alpha value is -5.38. The van der Waals surface area contributed by atoms with E-state index >= 15 is 0 Å². The van der Waals surface area contributed by atoms with Gasteiger partial charge >= 0.3 is 0 Å². The van der Waals surface area contributed by atoms with Crippen LogP contribution in [0.15, 0.2) is 94.8 Å². The third-order valence-electron chi connectivity index (χ3n) is 7.01. The first kappa shape index (κ1) is 27.2. The summed E-state index contributed by atoms with van der Waals surface area (Å²) in [4.78, 5) is 76.4. The van der Waals surface area contributed by atoms with Gasteiger partial charge in [0.15, 0.2) is 0 Å². The molecule has 10 heteroatoms. The number of pyridine rings is 2. The van der Waals surface area contributed by atoms with Crippen molar-refractivity contribution in [3.63, 3.8) is 0 Å². The molecule has 0 fully saturated rings. The topological polar surface area (TPSA) is 130 Å². The lowest BCUT2D eigenvalue weighted by Crippen LogP contribution is -2.32. The van der Waals surface area contributed by atoms with Crippen molar-refractivity contribution in [3.05, 3.63) is 139 Å². The Kier molecular flexibility index (Phi) is 7.55. The van der Waals surface area contributed by atoms with E-state index in [-0.39, 0.29) is 47.8 Å². The second-order valence-corrected chi connectivity index (χ2v) is 9.66. The van der Waals surface area contributed by atoms with Crippen molar-refractivity contribution in [1.29, 1.82) is 0 Å². The summed E-state index contributed by atoms with van der Waals surface area (Å²) in [5.74, 6) is -1.07. The standard InChI is InChI=1S/C16H14N2O3.C15H12N2O3/c1-17-8-6-11(10-14(17)19)7-9-18-15(20)12-4-2-3-5-13(12)16(18)21;18-13-9-10(5-7-16-13)6-8-17-14(19)11-3-1-2-4-12(11)15(17)20/h2-6,8,10H,7,9H2,1H3;1-5,7,9H,6,8H2,(H,16,18). The third-order valence-corrected chi connectivity index (χ3v) is 7.01. The van der Waals surface area contributed by atoms with Gasteiger partial charge in [0.1, 0.15) is 0 Å². The second kappa shape index (κ2) is 11.4. The highest BCUT2D eigenvalue weighted by molar-refractivity contribution is 6.22. The fourth-order valence-electron chi connectivity index (χ4n) is 4.76. The number of aromatic amines is 1. The summed E-state index contributed by atoms with van der Waals surface area (Å²) in [6.07, 6.45) is 4.18. The molecule has 2 aromatic heterocycles. The Balaban J connectivity index is 0.000000165. The molecule has 0 bridgehead atoms. The summed E-state index contributed by atoms with van der Waals surface area (Å²) in [6, 6.07) is 20.2. The zero-order valence-electron chi connectivity index (χ0n) is 22.2. The molecule has 1 N–H and O–H groups in total. The van der Waals surface area contributed by atoms with E-state index in [1.54, 1.807) is 74.0 Å². The van der Waals surface area contributed by atoms with Crippen LogP contribution in [0.5, 0.6) is 0 Å². The molecule has 4 aromatic rings. The largest absolute Gasteiger partial charge is 0.329 e. The zero-order valence-corrected chi connectivity index (χ0v) is 22.2. The van der Waals surface area contributed by atoms with E-state index in [4.69, 9.17) is 0 Å². The first-order valence-electron chi connectivity index (χ1n) is 13.0. The van der Waals surface area contributed by atoms with Crippen LogP contribution in [-0.4, -0.2) is 56.1 Å². The molecule has 2 aromatic carbocycles. The molecule has 0 aliphatic carbocycles. The summed E-state index contributed by atoms with van der Waals surface area (Å²) in [6.45, 7) is 0.551. The summed E-state index contributed by atoms with van der Waals surface area (Å²) in [5.41, 5.74) is 3.12. The summed E-state index contributed by atoms with van der Waals surface area (Å²) < 4.78 is 1.48. The molecule has 0 unspecified atom stereocenters. The van der Waals surface area contributed by atoms with E-state index in [9.17, 15) is 28.8 Å². The molecule has 6 rings (SSSR count). The molecule has 0 saturated heterocycles. The van der Waals surface area contributed by atoms with Crippen LogP contribution in [0.25, 0.3) is 0 Å².